The summed E-state index contributed by atoms with van der Waals surface area (Å²) in [7, 11) is -1.20. The monoisotopic (exact) mass is 439 g/mol. The van der Waals surface area contributed by atoms with Crippen LogP contribution in [-0.4, -0.2) is 18.5 Å². The van der Waals surface area contributed by atoms with Crippen molar-refractivity contribution < 1.29 is 21.7 Å². The van der Waals surface area contributed by atoms with Gasteiger partial charge in [0.05, 0.1) is 0 Å². The molecule has 0 heterocycles. The molecule has 3 heteroatoms. The molecule has 1 aliphatic carbocycles. The zero-order valence-corrected chi connectivity index (χ0v) is 22.4. The quantitative estimate of drug-likeness (QED) is 0.183. The summed E-state index contributed by atoms with van der Waals surface area (Å²) in [4.78, 5) is 0. The van der Waals surface area contributed by atoms with E-state index in [1.165, 1.54) is 37.0 Å². The summed E-state index contributed by atoms with van der Waals surface area (Å²) in [5.41, 5.74) is 1.33. The number of hydrogen-bond donors (Lipinski definition) is 0. The third kappa shape index (κ3) is 15.8. The van der Waals surface area contributed by atoms with E-state index in [-0.39, 0.29) is 21.7 Å². The standard InChI is InChI=1S/C17H32NP.C8H14.Ti/c1-14(2)11-19(12-15(3)4,13-16(5)6)18-17-9-7-8-10-17;1-3-5-7-8-6-4-2;/h7-9,14-16H,10-13H2,1-6H3;3,5,7-8H,4,6H2,1-2H3;. The number of unbranched alkanes of at least 4 members (excludes halogenated alkanes) is 1. The maximum absolute atomic E-state index is 5.34. The molecule has 0 unspecified atom stereocenters. The Morgan fingerprint density at radius 2 is 1.50 bits per heavy atom. The zero-order chi connectivity index (χ0) is 20.7. The second kappa shape index (κ2) is 17.7. The predicted molar refractivity (Wildman–Crippen MR) is 129 cm³/mol. The molecule has 1 aliphatic rings. The number of rotatable bonds is 10. The first-order valence-electron chi connectivity index (χ1n) is 11.0. The summed E-state index contributed by atoms with van der Waals surface area (Å²) in [5.74, 6) is 2.26. The van der Waals surface area contributed by atoms with Gasteiger partial charge in [-0.05, 0) is 62.7 Å². The Hall–Kier alpha value is -0.0957. The minimum absolute atomic E-state index is 0. The predicted octanol–water partition coefficient (Wildman–Crippen LogP) is 8.92. The van der Waals surface area contributed by atoms with Crippen LogP contribution in [0.4, 0.5) is 0 Å². The first-order chi connectivity index (χ1) is 12.7. The average molecular weight is 439 g/mol. The van der Waals surface area contributed by atoms with Gasteiger partial charge >= 0.3 is 0 Å². The second-order valence-electron chi connectivity index (χ2n) is 8.96. The van der Waals surface area contributed by atoms with Crippen molar-refractivity contribution in [2.45, 2.75) is 74.7 Å². The van der Waals surface area contributed by atoms with E-state index in [9.17, 15) is 0 Å². The van der Waals surface area contributed by atoms with Crippen molar-refractivity contribution in [1.29, 1.82) is 0 Å². The van der Waals surface area contributed by atoms with Gasteiger partial charge in [0.2, 0.25) is 0 Å². The summed E-state index contributed by atoms with van der Waals surface area (Å²) < 4.78 is 5.34. The van der Waals surface area contributed by atoms with Gasteiger partial charge in [0.15, 0.2) is 0 Å². The van der Waals surface area contributed by atoms with E-state index in [2.05, 4.69) is 84.9 Å². The molecule has 28 heavy (non-hydrogen) atoms. The molecule has 0 spiro atoms. The fraction of sp³-hybridized carbons (Fsp3) is 0.680. The van der Waals surface area contributed by atoms with Gasteiger partial charge in [-0.3, -0.25) is 4.74 Å². The molecule has 0 bridgehead atoms. The van der Waals surface area contributed by atoms with Gasteiger partial charge in [-0.2, -0.15) is 0 Å². The van der Waals surface area contributed by atoms with Crippen LogP contribution in [0.25, 0.3) is 0 Å². The molecule has 0 aromatic carbocycles. The number of allylic oxidation sites excluding steroid dienone is 7. The Kier molecular flexibility index (Phi) is 19.1. The Bertz CT molecular complexity index is 518. The summed E-state index contributed by atoms with van der Waals surface area (Å²) in [6.07, 6.45) is 22.4. The van der Waals surface area contributed by atoms with Crippen LogP contribution in [0, 0.1) is 17.8 Å². The van der Waals surface area contributed by atoms with Gasteiger partial charge in [0.25, 0.3) is 0 Å². The molecule has 1 rings (SSSR count). The maximum atomic E-state index is 5.34. The fourth-order valence-corrected chi connectivity index (χ4v) is 9.08. The van der Waals surface area contributed by atoms with Crippen LogP contribution in [-0.2, 0) is 21.7 Å². The second-order valence-corrected chi connectivity index (χ2v) is 12.4. The van der Waals surface area contributed by atoms with Crippen molar-refractivity contribution in [2.24, 2.45) is 22.5 Å². The van der Waals surface area contributed by atoms with Crippen LogP contribution < -0.4 is 0 Å². The van der Waals surface area contributed by atoms with Gasteiger partial charge in [-0.25, -0.2) is 0 Å². The molecule has 0 aromatic heterocycles. The zero-order valence-electron chi connectivity index (χ0n) is 19.9. The summed E-state index contributed by atoms with van der Waals surface area (Å²) in [5, 5.41) is 0. The first-order valence-corrected chi connectivity index (χ1v) is 13.3. The number of nitrogens with zero attached hydrogens (tertiary/aromatic N) is 1. The minimum Gasteiger partial charge on any atom is -0.272 e. The van der Waals surface area contributed by atoms with E-state index in [0.29, 0.717) is 0 Å². The SMILES string of the molecule is CC(C)CP(CC(C)C)(CC(C)C)=NC1=CC=CC1.CC=CC=CCCC.[Ti]. The first kappa shape index (κ1) is 30.1. The van der Waals surface area contributed by atoms with Crippen LogP contribution >= 0.6 is 7.05 Å². The average Bonchev–Trinajstić information content (AvgIpc) is 3.02. The van der Waals surface area contributed by atoms with E-state index in [1.54, 1.807) is 0 Å². The molecule has 0 aromatic rings. The van der Waals surface area contributed by atoms with Crippen LogP contribution in [0.1, 0.15) is 74.7 Å². The van der Waals surface area contributed by atoms with Crippen molar-refractivity contribution in [3.63, 3.8) is 0 Å². The molecule has 0 N–H and O–H groups in total. The van der Waals surface area contributed by atoms with Crippen LogP contribution in [0.2, 0.25) is 0 Å². The van der Waals surface area contributed by atoms with Crippen LogP contribution in [0.5, 0.6) is 0 Å². The van der Waals surface area contributed by atoms with E-state index in [0.717, 1.165) is 24.2 Å². The molecule has 0 radical (unpaired) electrons. The fourth-order valence-electron chi connectivity index (χ4n) is 3.62. The molecule has 0 fully saturated rings. The van der Waals surface area contributed by atoms with Gasteiger partial charge in [-0.15, -0.1) is 0 Å². The molecule has 0 amide bonds. The normalized spacial score (nSPS) is 14.0. The maximum Gasteiger partial charge on any atom is 0.0425 e. The minimum atomic E-state index is -1.20. The summed E-state index contributed by atoms with van der Waals surface area (Å²) in [6.45, 7) is 18.3. The largest absolute Gasteiger partial charge is 0.272 e. The van der Waals surface area contributed by atoms with E-state index in [1.807, 2.05) is 13.0 Å². The molecule has 0 aliphatic heterocycles. The van der Waals surface area contributed by atoms with E-state index >= 15 is 0 Å². The molecule has 160 valence electrons. The van der Waals surface area contributed by atoms with Crippen molar-refractivity contribution in [3.8, 4) is 0 Å². The van der Waals surface area contributed by atoms with Crippen molar-refractivity contribution in [1.82, 2.24) is 0 Å². The molecule has 0 saturated heterocycles. The van der Waals surface area contributed by atoms with E-state index < -0.39 is 7.05 Å². The molecular weight excluding hydrogens is 393 g/mol. The molecule has 0 saturated carbocycles. The van der Waals surface area contributed by atoms with Gasteiger partial charge in [0.1, 0.15) is 0 Å². The van der Waals surface area contributed by atoms with Crippen molar-refractivity contribution >= 4 is 7.05 Å². The van der Waals surface area contributed by atoms with Crippen LogP contribution in [0.15, 0.2) is 53.0 Å². The van der Waals surface area contributed by atoms with Crippen molar-refractivity contribution in [3.05, 3.63) is 48.2 Å². The smallest absolute Gasteiger partial charge is 0.0425 e. The van der Waals surface area contributed by atoms with E-state index in [4.69, 9.17) is 4.74 Å². The van der Waals surface area contributed by atoms with Gasteiger partial charge in [0, 0.05) is 33.8 Å². The molecule has 1 nitrogen and oxygen atoms in total. The Morgan fingerprint density at radius 1 is 0.964 bits per heavy atom. The Labute approximate surface area is 192 Å². The Morgan fingerprint density at radius 3 is 1.86 bits per heavy atom. The third-order valence-corrected chi connectivity index (χ3v) is 9.01. The number of hydrogen-bond acceptors (Lipinski definition) is 1. The third-order valence-electron chi connectivity index (χ3n) is 4.10. The summed E-state index contributed by atoms with van der Waals surface area (Å²) in [6, 6.07) is 0. The topological polar surface area (TPSA) is 12.4 Å². The Balaban J connectivity index is 0. The van der Waals surface area contributed by atoms with Crippen molar-refractivity contribution in [2.75, 3.05) is 18.5 Å². The van der Waals surface area contributed by atoms with Crippen LogP contribution in [0.3, 0.4) is 0 Å². The molecular formula is C25H46NPTi. The molecule has 0 atom stereocenters. The summed E-state index contributed by atoms with van der Waals surface area (Å²) >= 11 is 0. The van der Waals surface area contributed by atoms with Gasteiger partial charge < -0.3 is 0 Å². The van der Waals surface area contributed by atoms with Gasteiger partial charge in [-0.1, -0.05) is 91.3 Å².